The zero-order chi connectivity index (χ0) is 18.8. The van der Waals surface area contributed by atoms with E-state index < -0.39 is 0 Å². The van der Waals surface area contributed by atoms with Crippen molar-refractivity contribution in [3.8, 4) is 0 Å². The molecule has 0 aliphatic carbocycles. The number of anilines is 2. The number of nitrogens with two attached hydrogens (primary N) is 1. The normalized spacial score (nSPS) is 10.8. The lowest BCUT2D eigenvalue weighted by molar-refractivity contribution is 0.102. The van der Waals surface area contributed by atoms with Gasteiger partial charge in [0, 0.05) is 11.8 Å². The lowest BCUT2D eigenvalue weighted by Gasteiger charge is -2.09. The summed E-state index contributed by atoms with van der Waals surface area (Å²) in [7, 11) is 0. The summed E-state index contributed by atoms with van der Waals surface area (Å²) in [4.78, 5) is 20.0. The van der Waals surface area contributed by atoms with Gasteiger partial charge in [-0.1, -0.05) is 24.3 Å². The molecule has 27 heavy (non-hydrogen) atoms. The number of nitrogens with zero attached hydrogens (tertiary/aromatic N) is 2. The summed E-state index contributed by atoms with van der Waals surface area (Å²) in [5.74, 6) is -0.204. The van der Waals surface area contributed by atoms with Gasteiger partial charge in [-0.25, -0.2) is 4.98 Å². The SMILES string of the molecule is Nc1ccccc1NC(=O)c1ccc(Cn2c(=S)[nH]c3cccnc32)cc1. The van der Waals surface area contributed by atoms with E-state index in [0.717, 1.165) is 16.7 Å². The van der Waals surface area contributed by atoms with E-state index in [9.17, 15) is 4.79 Å². The van der Waals surface area contributed by atoms with Gasteiger partial charge < -0.3 is 16.0 Å². The largest absolute Gasteiger partial charge is 0.397 e. The van der Waals surface area contributed by atoms with Crippen molar-refractivity contribution in [3.05, 3.63) is 82.8 Å². The Morgan fingerprint density at radius 1 is 1.11 bits per heavy atom. The number of aromatic amines is 1. The summed E-state index contributed by atoms with van der Waals surface area (Å²) >= 11 is 5.40. The summed E-state index contributed by atoms with van der Waals surface area (Å²) in [6.45, 7) is 0.573. The van der Waals surface area contributed by atoms with Crippen LogP contribution < -0.4 is 11.1 Å². The van der Waals surface area contributed by atoms with E-state index in [0.29, 0.717) is 28.3 Å². The number of aromatic nitrogens is 3. The molecule has 2 aromatic heterocycles. The molecule has 2 aromatic carbocycles. The minimum Gasteiger partial charge on any atom is -0.397 e. The molecule has 0 saturated heterocycles. The van der Waals surface area contributed by atoms with Gasteiger partial charge >= 0.3 is 0 Å². The lowest BCUT2D eigenvalue weighted by atomic mass is 10.1. The first-order chi connectivity index (χ1) is 13.1. The molecule has 0 aliphatic heterocycles. The van der Waals surface area contributed by atoms with Crippen LogP contribution in [0.15, 0.2) is 66.9 Å². The quantitative estimate of drug-likeness (QED) is 0.372. The summed E-state index contributed by atoms with van der Waals surface area (Å²) in [6, 6.07) is 18.4. The fourth-order valence-corrected chi connectivity index (χ4v) is 3.15. The fourth-order valence-electron chi connectivity index (χ4n) is 2.88. The molecule has 2 heterocycles. The van der Waals surface area contributed by atoms with E-state index in [2.05, 4.69) is 15.3 Å². The molecule has 0 fully saturated rings. The number of para-hydroxylation sites is 2. The molecule has 0 atom stereocenters. The van der Waals surface area contributed by atoms with Crippen molar-refractivity contribution >= 4 is 40.7 Å². The molecule has 0 unspecified atom stereocenters. The Morgan fingerprint density at radius 2 is 1.89 bits per heavy atom. The molecular weight excluding hydrogens is 358 g/mol. The van der Waals surface area contributed by atoms with Crippen molar-refractivity contribution in [3.63, 3.8) is 0 Å². The average Bonchev–Trinajstić information content (AvgIpc) is 2.99. The zero-order valence-electron chi connectivity index (χ0n) is 14.3. The zero-order valence-corrected chi connectivity index (χ0v) is 15.2. The van der Waals surface area contributed by atoms with E-state index in [1.807, 2.05) is 41.0 Å². The first-order valence-electron chi connectivity index (χ1n) is 8.40. The molecule has 0 aliphatic rings. The van der Waals surface area contributed by atoms with Gasteiger partial charge in [-0.05, 0) is 54.2 Å². The maximum absolute atomic E-state index is 12.4. The number of nitrogen functional groups attached to an aromatic ring is 1. The maximum atomic E-state index is 12.4. The maximum Gasteiger partial charge on any atom is 0.255 e. The fraction of sp³-hybridized carbons (Fsp3) is 0.0500. The van der Waals surface area contributed by atoms with E-state index in [1.165, 1.54) is 0 Å². The van der Waals surface area contributed by atoms with Crippen molar-refractivity contribution in [2.45, 2.75) is 6.54 Å². The van der Waals surface area contributed by atoms with Crippen molar-refractivity contribution in [1.29, 1.82) is 0 Å². The highest BCUT2D eigenvalue weighted by Crippen LogP contribution is 2.18. The highest BCUT2D eigenvalue weighted by molar-refractivity contribution is 7.71. The Labute approximate surface area is 160 Å². The first-order valence-corrected chi connectivity index (χ1v) is 8.81. The van der Waals surface area contributed by atoms with Crippen LogP contribution in [0, 0.1) is 4.77 Å². The van der Waals surface area contributed by atoms with Crippen LogP contribution >= 0.6 is 12.2 Å². The van der Waals surface area contributed by atoms with Crippen molar-refractivity contribution in [1.82, 2.24) is 14.5 Å². The van der Waals surface area contributed by atoms with Gasteiger partial charge in [0.1, 0.15) is 0 Å². The van der Waals surface area contributed by atoms with Gasteiger partial charge in [0.05, 0.1) is 23.4 Å². The number of hydrogen-bond donors (Lipinski definition) is 3. The number of carbonyl (C=O) groups is 1. The van der Waals surface area contributed by atoms with Gasteiger partial charge in [-0.3, -0.25) is 9.36 Å². The summed E-state index contributed by atoms with van der Waals surface area (Å²) < 4.78 is 2.55. The second-order valence-corrected chi connectivity index (χ2v) is 6.52. The molecular formula is C20H17N5OS. The molecule has 6 nitrogen and oxygen atoms in total. The number of H-pyrrole nitrogens is 1. The van der Waals surface area contributed by atoms with Gasteiger partial charge in [0.15, 0.2) is 10.4 Å². The van der Waals surface area contributed by atoms with Gasteiger partial charge in [0.2, 0.25) is 0 Å². The van der Waals surface area contributed by atoms with E-state index in [1.54, 1.807) is 30.5 Å². The number of hydrogen-bond acceptors (Lipinski definition) is 4. The molecule has 1 amide bonds. The predicted molar refractivity (Wildman–Crippen MR) is 109 cm³/mol. The topological polar surface area (TPSA) is 88.7 Å². The van der Waals surface area contributed by atoms with E-state index in [4.69, 9.17) is 18.0 Å². The minimum atomic E-state index is -0.204. The second kappa shape index (κ2) is 7.05. The molecule has 4 N–H and O–H groups in total. The number of rotatable bonds is 4. The average molecular weight is 375 g/mol. The van der Waals surface area contributed by atoms with Crippen molar-refractivity contribution in [2.75, 3.05) is 11.1 Å². The minimum absolute atomic E-state index is 0.204. The Hall–Kier alpha value is -3.45. The third-order valence-electron chi connectivity index (χ3n) is 4.29. The van der Waals surface area contributed by atoms with Crippen LogP contribution in [-0.4, -0.2) is 20.4 Å². The summed E-state index contributed by atoms with van der Waals surface area (Å²) in [5.41, 5.74) is 10.3. The highest BCUT2D eigenvalue weighted by Gasteiger charge is 2.09. The first kappa shape index (κ1) is 17.0. The van der Waals surface area contributed by atoms with Crippen LogP contribution in [-0.2, 0) is 6.54 Å². The van der Waals surface area contributed by atoms with E-state index in [-0.39, 0.29) is 5.91 Å². The molecule has 134 valence electrons. The number of pyridine rings is 1. The van der Waals surface area contributed by atoms with E-state index >= 15 is 0 Å². The van der Waals surface area contributed by atoms with Crippen LogP contribution in [0.5, 0.6) is 0 Å². The van der Waals surface area contributed by atoms with Crippen LogP contribution in [0.4, 0.5) is 11.4 Å². The number of fused-ring (bicyclic) bond motifs is 1. The number of carbonyl (C=O) groups excluding carboxylic acids is 1. The number of nitrogens with one attached hydrogen (secondary N) is 2. The lowest BCUT2D eigenvalue weighted by Crippen LogP contribution is -2.13. The Balaban J connectivity index is 1.54. The number of benzene rings is 2. The van der Waals surface area contributed by atoms with Gasteiger partial charge in [0.25, 0.3) is 5.91 Å². The van der Waals surface area contributed by atoms with Crippen molar-refractivity contribution < 1.29 is 4.79 Å². The molecule has 0 spiro atoms. The summed E-state index contributed by atoms with van der Waals surface area (Å²) in [6.07, 6.45) is 1.74. The number of imidazole rings is 1. The van der Waals surface area contributed by atoms with Crippen molar-refractivity contribution in [2.24, 2.45) is 0 Å². The standard InChI is InChI=1S/C20H17N5OS/c21-15-4-1-2-5-16(15)23-19(26)14-9-7-13(8-10-14)12-25-18-17(24-20(25)27)6-3-11-22-18/h1-11H,12,21H2,(H,23,26)(H,24,27). The highest BCUT2D eigenvalue weighted by atomic mass is 32.1. The molecule has 0 radical (unpaired) electrons. The Morgan fingerprint density at radius 3 is 2.67 bits per heavy atom. The molecule has 0 saturated carbocycles. The third-order valence-corrected chi connectivity index (χ3v) is 4.62. The van der Waals surface area contributed by atoms with Gasteiger partial charge in [-0.15, -0.1) is 0 Å². The number of amides is 1. The second-order valence-electron chi connectivity index (χ2n) is 6.13. The van der Waals surface area contributed by atoms with Crippen LogP contribution in [0.3, 0.4) is 0 Å². The van der Waals surface area contributed by atoms with Crippen LogP contribution in [0.25, 0.3) is 11.2 Å². The van der Waals surface area contributed by atoms with Crippen LogP contribution in [0.2, 0.25) is 0 Å². The Kier molecular flexibility index (Phi) is 4.43. The van der Waals surface area contributed by atoms with Crippen LogP contribution in [0.1, 0.15) is 15.9 Å². The monoisotopic (exact) mass is 375 g/mol. The summed E-state index contributed by atoms with van der Waals surface area (Å²) in [5, 5.41) is 2.82. The smallest absolute Gasteiger partial charge is 0.255 e. The molecule has 0 bridgehead atoms. The molecule has 4 aromatic rings. The Bertz CT molecular complexity index is 1180. The third kappa shape index (κ3) is 3.45. The molecule has 4 rings (SSSR count). The van der Waals surface area contributed by atoms with Gasteiger partial charge in [-0.2, -0.15) is 0 Å². The predicted octanol–water partition coefficient (Wildman–Crippen LogP) is 3.98. The molecule has 7 heteroatoms.